The molecule has 0 aromatic heterocycles. The van der Waals surface area contributed by atoms with Crippen molar-refractivity contribution in [3.05, 3.63) is 71.3 Å². The topological polar surface area (TPSA) is 59.1 Å². The SMILES string of the molecule is CC[N+]1(C)C2CC(OC(=O)C(O)(c3ccc(F)cc3)c3ccc(F)cc3)CC1C1OC12. The lowest BCUT2D eigenvalue weighted by Gasteiger charge is -2.47. The van der Waals surface area contributed by atoms with Gasteiger partial charge in [0.15, 0.2) is 0 Å². The second-order valence-corrected chi connectivity index (χ2v) is 9.09. The van der Waals surface area contributed by atoms with Crippen molar-refractivity contribution in [3.8, 4) is 0 Å². The molecule has 2 aromatic rings. The molecule has 5 nitrogen and oxygen atoms in total. The van der Waals surface area contributed by atoms with E-state index in [-0.39, 0.29) is 41.5 Å². The fourth-order valence-corrected chi connectivity index (χ4v) is 5.64. The molecule has 0 saturated carbocycles. The number of hydrogen-bond acceptors (Lipinski definition) is 4. The van der Waals surface area contributed by atoms with Crippen molar-refractivity contribution in [2.75, 3.05) is 13.6 Å². The first-order valence-electron chi connectivity index (χ1n) is 10.7. The number of benzene rings is 2. The molecule has 0 aliphatic carbocycles. The van der Waals surface area contributed by atoms with Crippen LogP contribution in [0.25, 0.3) is 0 Å². The molecular weight excluding hydrogens is 404 g/mol. The highest BCUT2D eigenvalue weighted by atomic mass is 19.1. The summed E-state index contributed by atoms with van der Waals surface area (Å²) in [5.41, 5.74) is -1.82. The summed E-state index contributed by atoms with van der Waals surface area (Å²) in [6, 6.07) is 10.6. The Bertz CT molecular complexity index is 930. The van der Waals surface area contributed by atoms with Crippen LogP contribution in [0.4, 0.5) is 8.78 Å². The monoisotopic (exact) mass is 430 g/mol. The number of carbonyl (C=O) groups is 1. The third-order valence-corrected chi connectivity index (χ3v) is 7.62. The first kappa shape index (κ1) is 20.5. The highest BCUT2D eigenvalue weighted by Crippen LogP contribution is 2.52. The lowest BCUT2D eigenvalue weighted by molar-refractivity contribution is -0.954. The maximum Gasteiger partial charge on any atom is 0.347 e. The third-order valence-electron chi connectivity index (χ3n) is 7.62. The number of morpholine rings is 1. The molecule has 31 heavy (non-hydrogen) atoms. The number of nitrogens with zero attached hydrogens (tertiary/aromatic N) is 1. The summed E-state index contributed by atoms with van der Waals surface area (Å²) < 4.78 is 39.6. The number of carbonyl (C=O) groups excluding carboxylic acids is 1. The van der Waals surface area contributed by atoms with Crippen molar-refractivity contribution in [1.82, 2.24) is 0 Å². The Morgan fingerprint density at radius 1 is 1.03 bits per heavy atom. The zero-order valence-corrected chi connectivity index (χ0v) is 17.5. The van der Waals surface area contributed by atoms with E-state index in [9.17, 15) is 18.7 Å². The van der Waals surface area contributed by atoms with Crippen molar-refractivity contribution < 1.29 is 32.6 Å². The number of halogens is 2. The number of aliphatic hydroxyl groups is 1. The van der Waals surface area contributed by atoms with Crippen LogP contribution in [0, 0.1) is 11.6 Å². The van der Waals surface area contributed by atoms with Gasteiger partial charge in [-0.3, -0.25) is 0 Å². The Balaban J connectivity index is 1.43. The van der Waals surface area contributed by atoms with E-state index in [0.29, 0.717) is 12.8 Å². The van der Waals surface area contributed by atoms with E-state index >= 15 is 0 Å². The Morgan fingerprint density at radius 3 is 1.90 bits per heavy atom. The minimum atomic E-state index is -2.17. The minimum absolute atomic E-state index is 0.171. The number of fused-ring (bicyclic) bond motifs is 5. The van der Waals surface area contributed by atoms with Gasteiger partial charge in [-0.1, -0.05) is 24.3 Å². The summed E-state index contributed by atoms with van der Waals surface area (Å²) in [6.45, 7) is 3.15. The molecule has 164 valence electrons. The van der Waals surface area contributed by atoms with Gasteiger partial charge >= 0.3 is 5.97 Å². The number of ether oxygens (including phenoxy) is 2. The molecule has 3 aliphatic rings. The highest BCUT2D eigenvalue weighted by Gasteiger charge is 2.71. The first-order valence-corrected chi connectivity index (χ1v) is 10.7. The van der Waals surface area contributed by atoms with E-state index in [1.165, 1.54) is 48.5 Å². The number of likely N-dealkylation sites (N-methyl/N-ethyl adjacent to an activating group) is 1. The van der Waals surface area contributed by atoms with E-state index < -0.39 is 23.2 Å². The molecule has 4 atom stereocenters. The standard InChI is InChI=1S/C24H26F2NO4/c1-3-27(2)19-12-18(13-20(27)22-21(19)31-22)30-23(28)24(29,14-4-8-16(25)9-5-14)15-6-10-17(26)11-7-15/h4-11,18-22,29H,3,12-13H2,1-2H3/q+1. The summed E-state index contributed by atoms with van der Waals surface area (Å²) in [7, 11) is 2.23. The van der Waals surface area contributed by atoms with Crippen molar-refractivity contribution in [3.63, 3.8) is 0 Å². The molecule has 0 radical (unpaired) electrons. The maximum absolute atomic E-state index is 13.5. The van der Waals surface area contributed by atoms with E-state index in [2.05, 4.69) is 14.0 Å². The number of epoxide rings is 1. The van der Waals surface area contributed by atoms with Gasteiger partial charge in [0.25, 0.3) is 0 Å². The summed E-state index contributed by atoms with van der Waals surface area (Å²) in [5.74, 6) is -1.81. The van der Waals surface area contributed by atoms with Gasteiger partial charge < -0.3 is 19.1 Å². The highest BCUT2D eigenvalue weighted by molar-refractivity contribution is 5.85. The van der Waals surface area contributed by atoms with Crippen LogP contribution in [0.2, 0.25) is 0 Å². The van der Waals surface area contributed by atoms with Crippen molar-refractivity contribution in [2.24, 2.45) is 0 Å². The third kappa shape index (κ3) is 3.10. The fourth-order valence-electron chi connectivity index (χ4n) is 5.64. The number of quaternary nitrogens is 1. The molecule has 0 spiro atoms. The molecule has 3 fully saturated rings. The van der Waals surface area contributed by atoms with Gasteiger partial charge in [0.1, 0.15) is 42.0 Å². The van der Waals surface area contributed by atoms with E-state index in [1.807, 2.05) is 0 Å². The maximum atomic E-state index is 13.5. The van der Waals surface area contributed by atoms with E-state index in [4.69, 9.17) is 9.47 Å². The van der Waals surface area contributed by atoms with Crippen LogP contribution < -0.4 is 0 Å². The summed E-state index contributed by atoms with van der Waals surface area (Å²) in [4.78, 5) is 13.4. The van der Waals surface area contributed by atoms with Crippen LogP contribution in [0.3, 0.4) is 0 Å². The molecule has 3 saturated heterocycles. The Morgan fingerprint density at radius 2 is 1.48 bits per heavy atom. The van der Waals surface area contributed by atoms with E-state index in [1.54, 1.807) is 0 Å². The Labute approximate surface area is 179 Å². The van der Waals surface area contributed by atoms with Gasteiger partial charge in [-0.05, 0) is 42.3 Å². The Kier molecular flexibility index (Phi) is 4.70. The molecule has 1 N–H and O–H groups in total. The van der Waals surface area contributed by atoms with E-state index in [0.717, 1.165) is 11.0 Å². The van der Waals surface area contributed by atoms with Crippen LogP contribution >= 0.6 is 0 Å². The number of piperidine rings is 1. The van der Waals surface area contributed by atoms with Gasteiger partial charge in [0.05, 0.1) is 13.6 Å². The average Bonchev–Trinajstić information content (AvgIpc) is 3.53. The fraction of sp³-hybridized carbons (Fsp3) is 0.458. The summed E-state index contributed by atoms with van der Waals surface area (Å²) in [6.07, 6.45) is 1.41. The molecule has 3 heterocycles. The predicted octanol–water partition coefficient (Wildman–Crippen LogP) is 2.89. The van der Waals surface area contributed by atoms with Gasteiger partial charge in [-0.15, -0.1) is 0 Å². The quantitative estimate of drug-likeness (QED) is 0.450. The second kappa shape index (κ2) is 7.08. The van der Waals surface area contributed by atoms with Crippen LogP contribution in [0.1, 0.15) is 30.9 Å². The molecule has 5 rings (SSSR count). The van der Waals surface area contributed by atoms with Gasteiger partial charge in [-0.2, -0.15) is 0 Å². The molecular formula is C24H26F2NO4+. The Hall–Kier alpha value is -2.35. The van der Waals surface area contributed by atoms with Gasteiger partial charge in [0, 0.05) is 12.8 Å². The first-order chi connectivity index (χ1) is 14.8. The van der Waals surface area contributed by atoms with Gasteiger partial charge in [-0.25, -0.2) is 13.6 Å². The summed E-state index contributed by atoms with van der Waals surface area (Å²) in [5, 5.41) is 11.5. The molecule has 2 bridgehead atoms. The zero-order chi connectivity index (χ0) is 22.0. The molecule has 0 amide bonds. The summed E-state index contributed by atoms with van der Waals surface area (Å²) >= 11 is 0. The van der Waals surface area contributed by atoms with Crippen LogP contribution in [-0.2, 0) is 19.9 Å². The minimum Gasteiger partial charge on any atom is -0.459 e. The van der Waals surface area contributed by atoms with Crippen LogP contribution in [0.5, 0.6) is 0 Å². The second-order valence-electron chi connectivity index (χ2n) is 9.09. The lowest BCUT2D eigenvalue weighted by Crippen LogP contribution is -2.62. The number of hydrogen-bond donors (Lipinski definition) is 1. The van der Waals surface area contributed by atoms with Gasteiger partial charge in [0.2, 0.25) is 5.60 Å². The normalized spacial score (nSPS) is 33.6. The molecule has 7 heteroatoms. The largest absolute Gasteiger partial charge is 0.459 e. The predicted molar refractivity (Wildman–Crippen MR) is 108 cm³/mol. The number of rotatable bonds is 5. The smallest absolute Gasteiger partial charge is 0.347 e. The lowest BCUT2D eigenvalue weighted by atomic mass is 9.86. The molecule has 2 aromatic carbocycles. The van der Waals surface area contributed by atoms with Crippen molar-refractivity contribution in [2.45, 2.75) is 55.8 Å². The molecule has 3 aliphatic heterocycles. The zero-order valence-electron chi connectivity index (χ0n) is 17.5. The number of esters is 1. The van der Waals surface area contributed by atoms with Crippen molar-refractivity contribution >= 4 is 5.97 Å². The van der Waals surface area contributed by atoms with Crippen molar-refractivity contribution in [1.29, 1.82) is 0 Å². The van der Waals surface area contributed by atoms with Crippen LogP contribution in [-0.4, -0.2) is 59.5 Å². The molecule has 4 unspecified atom stereocenters. The average molecular weight is 430 g/mol. The van der Waals surface area contributed by atoms with Crippen LogP contribution in [0.15, 0.2) is 48.5 Å².